The molecule has 0 fully saturated rings. The van der Waals surface area contributed by atoms with E-state index in [9.17, 15) is 8.42 Å². The number of anilines is 2. The summed E-state index contributed by atoms with van der Waals surface area (Å²) in [5.41, 5.74) is 6.90. The number of hydrogen-bond donors (Lipinski definition) is 2. The molecule has 0 bridgehead atoms. The van der Waals surface area contributed by atoms with Crippen LogP contribution in [0.5, 0.6) is 0 Å². The van der Waals surface area contributed by atoms with Crippen molar-refractivity contribution in [1.82, 2.24) is 0 Å². The molecule has 0 amide bonds. The summed E-state index contributed by atoms with van der Waals surface area (Å²) in [6.07, 6.45) is 1.13. The van der Waals surface area contributed by atoms with Crippen LogP contribution in [-0.4, -0.2) is 14.7 Å². The van der Waals surface area contributed by atoms with E-state index in [1.807, 2.05) is 18.2 Å². The lowest BCUT2D eigenvalue weighted by Crippen LogP contribution is -2.09. The van der Waals surface area contributed by atoms with Gasteiger partial charge in [-0.1, -0.05) is 12.1 Å². The van der Waals surface area contributed by atoms with Crippen LogP contribution >= 0.6 is 0 Å². The Morgan fingerprint density at radius 3 is 2.38 bits per heavy atom. The largest absolute Gasteiger partial charge is 0.399 e. The van der Waals surface area contributed by atoms with Crippen LogP contribution in [0.25, 0.3) is 10.8 Å². The predicted octanol–water partition coefficient (Wildman–Crippen LogP) is 1.79. The number of fused-ring (bicyclic) bond motifs is 1. The first-order valence-electron chi connectivity index (χ1n) is 4.71. The van der Waals surface area contributed by atoms with E-state index < -0.39 is 10.0 Å². The molecule has 5 heteroatoms. The van der Waals surface area contributed by atoms with Gasteiger partial charge in [0.15, 0.2) is 0 Å². The van der Waals surface area contributed by atoms with Gasteiger partial charge in [0.05, 0.1) is 6.26 Å². The molecule has 0 aliphatic rings. The highest BCUT2D eigenvalue weighted by Gasteiger charge is 2.02. The van der Waals surface area contributed by atoms with Crippen molar-refractivity contribution in [3.8, 4) is 0 Å². The zero-order chi connectivity index (χ0) is 11.8. The van der Waals surface area contributed by atoms with Crippen LogP contribution < -0.4 is 10.5 Å². The van der Waals surface area contributed by atoms with E-state index in [0.717, 1.165) is 17.0 Å². The number of sulfonamides is 1. The van der Waals surface area contributed by atoms with Crippen molar-refractivity contribution >= 4 is 32.2 Å². The van der Waals surface area contributed by atoms with E-state index in [1.165, 1.54) is 0 Å². The highest BCUT2D eigenvalue weighted by molar-refractivity contribution is 7.92. The van der Waals surface area contributed by atoms with Crippen molar-refractivity contribution in [1.29, 1.82) is 0 Å². The van der Waals surface area contributed by atoms with Gasteiger partial charge in [-0.25, -0.2) is 8.42 Å². The fourth-order valence-electron chi connectivity index (χ4n) is 1.54. The van der Waals surface area contributed by atoms with Gasteiger partial charge in [-0.15, -0.1) is 0 Å². The van der Waals surface area contributed by atoms with E-state index in [2.05, 4.69) is 4.72 Å². The predicted molar refractivity (Wildman–Crippen MR) is 66.8 cm³/mol. The molecule has 2 aromatic rings. The van der Waals surface area contributed by atoms with Crippen LogP contribution in [0.2, 0.25) is 0 Å². The molecule has 0 atom stereocenters. The molecule has 0 aliphatic heterocycles. The van der Waals surface area contributed by atoms with Crippen molar-refractivity contribution in [2.24, 2.45) is 0 Å². The number of rotatable bonds is 2. The normalized spacial score (nSPS) is 11.6. The summed E-state index contributed by atoms with van der Waals surface area (Å²) in [6.45, 7) is 0. The minimum atomic E-state index is -3.23. The van der Waals surface area contributed by atoms with Gasteiger partial charge in [-0.2, -0.15) is 0 Å². The Hall–Kier alpha value is -1.75. The molecule has 3 N–H and O–H groups in total. The Bertz CT molecular complexity index is 635. The average molecular weight is 236 g/mol. The van der Waals surface area contributed by atoms with Crippen LogP contribution in [-0.2, 0) is 10.0 Å². The number of benzene rings is 2. The first-order chi connectivity index (χ1) is 7.44. The summed E-state index contributed by atoms with van der Waals surface area (Å²) in [4.78, 5) is 0. The second-order valence-corrected chi connectivity index (χ2v) is 5.44. The summed E-state index contributed by atoms with van der Waals surface area (Å²) in [5, 5.41) is 1.93. The van der Waals surface area contributed by atoms with Crippen molar-refractivity contribution in [3.63, 3.8) is 0 Å². The number of nitrogen functional groups attached to an aromatic ring is 1. The smallest absolute Gasteiger partial charge is 0.229 e. The molecule has 2 rings (SSSR count). The van der Waals surface area contributed by atoms with Crippen molar-refractivity contribution in [2.45, 2.75) is 0 Å². The van der Waals surface area contributed by atoms with Crippen LogP contribution in [0.15, 0.2) is 36.4 Å². The molecule has 0 saturated carbocycles. The molecule has 16 heavy (non-hydrogen) atoms. The van der Waals surface area contributed by atoms with Gasteiger partial charge in [-0.05, 0) is 35.0 Å². The Morgan fingerprint density at radius 2 is 1.69 bits per heavy atom. The standard InChI is InChI=1S/C11H12N2O2S/c1-16(14,15)13-11-5-3-8-6-10(12)4-2-9(8)7-11/h2-7,13H,12H2,1H3. The fraction of sp³-hybridized carbons (Fsp3) is 0.0909. The molecule has 0 unspecified atom stereocenters. The molecule has 2 aromatic carbocycles. The van der Waals surface area contributed by atoms with Crippen molar-refractivity contribution < 1.29 is 8.42 Å². The van der Waals surface area contributed by atoms with Gasteiger partial charge >= 0.3 is 0 Å². The lowest BCUT2D eigenvalue weighted by molar-refractivity contribution is 0.607. The van der Waals surface area contributed by atoms with Crippen molar-refractivity contribution in [3.05, 3.63) is 36.4 Å². The third-order valence-electron chi connectivity index (χ3n) is 2.17. The van der Waals surface area contributed by atoms with E-state index in [0.29, 0.717) is 11.4 Å². The Labute approximate surface area is 94.1 Å². The van der Waals surface area contributed by atoms with E-state index in [-0.39, 0.29) is 0 Å². The Balaban J connectivity index is 2.49. The zero-order valence-corrected chi connectivity index (χ0v) is 9.58. The summed E-state index contributed by atoms with van der Waals surface area (Å²) in [6, 6.07) is 10.8. The highest BCUT2D eigenvalue weighted by atomic mass is 32.2. The van der Waals surface area contributed by atoms with Gasteiger partial charge in [0.1, 0.15) is 0 Å². The lowest BCUT2D eigenvalue weighted by Gasteiger charge is -2.05. The van der Waals surface area contributed by atoms with Gasteiger partial charge < -0.3 is 5.73 Å². The molecule has 0 aromatic heterocycles. The Morgan fingerprint density at radius 1 is 1.06 bits per heavy atom. The number of hydrogen-bond acceptors (Lipinski definition) is 3. The summed E-state index contributed by atoms with van der Waals surface area (Å²) in [7, 11) is -3.23. The molecular formula is C11H12N2O2S. The zero-order valence-electron chi connectivity index (χ0n) is 8.77. The maximum absolute atomic E-state index is 11.1. The minimum absolute atomic E-state index is 0.555. The number of nitrogens with one attached hydrogen (secondary N) is 1. The van der Waals surface area contributed by atoms with Crippen LogP contribution in [0.3, 0.4) is 0 Å². The van der Waals surface area contributed by atoms with Crippen LogP contribution in [0, 0.1) is 0 Å². The molecule has 0 saturated heterocycles. The van der Waals surface area contributed by atoms with Gasteiger partial charge in [0, 0.05) is 11.4 Å². The second kappa shape index (κ2) is 3.68. The lowest BCUT2D eigenvalue weighted by atomic mass is 10.1. The van der Waals surface area contributed by atoms with Gasteiger partial charge in [0.2, 0.25) is 10.0 Å². The molecule has 0 spiro atoms. The first-order valence-corrected chi connectivity index (χ1v) is 6.60. The van der Waals surface area contributed by atoms with Gasteiger partial charge in [0.25, 0.3) is 0 Å². The molecule has 0 aliphatic carbocycles. The second-order valence-electron chi connectivity index (χ2n) is 3.70. The number of nitrogens with two attached hydrogens (primary N) is 1. The summed E-state index contributed by atoms with van der Waals surface area (Å²) >= 11 is 0. The van der Waals surface area contributed by atoms with E-state index in [4.69, 9.17) is 5.73 Å². The SMILES string of the molecule is CS(=O)(=O)Nc1ccc2cc(N)ccc2c1. The highest BCUT2D eigenvalue weighted by Crippen LogP contribution is 2.21. The maximum Gasteiger partial charge on any atom is 0.229 e. The van der Waals surface area contributed by atoms with Crippen molar-refractivity contribution in [2.75, 3.05) is 16.7 Å². The third-order valence-corrected chi connectivity index (χ3v) is 2.77. The average Bonchev–Trinajstić information content (AvgIpc) is 2.16. The van der Waals surface area contributed by atoms with E-state index in [1.54, 1.807) is 18.2 Å². The molecule has 4 nitrogen and oxygen atoms in total. The summed E-state index contributed by atoms with van der Waals surface area (Å²) < 4.78 is 24.5. The molecular weight excluding hydrogens is 224 g/mol. The quantitative estimate of drug-likeness (QED) is 0.781. The summed E-state index contributed by atoms with van der Waals surface area (Å²) in [5.74, 6) is 0. The third kappa shape index (κ3) is 2.43. The maximum atomic E-state index is 11.1. The molecule has 84 valence electrons. The topological polar surface area (TPSA) is 72.2 Å². The molecule has 0 radical (unpaired) electrons. The van der Waals surface area contributed by atoms with Crippen LogP contribution in [0.4, 0.5) is 11.4 Å². The molecule has 0 heterocycles. The van der Waals surface area contributed by atoms with Crippen LogP contribution in [0.1, 0.15) is 0 Å². The fourth-order valence-corrected chi connectivity index (χ4v) is 2.10. The van der Waals surface area contributed by atoms with E-state index >= 15 is 0 Å². The first kappa shape index (κ1) is 10.8. The Kier molecular flexibility index (Phi) is 2.47. The minimum Gasteiger partial charge on any atom is -0.399 e. The van der Waals surface area contributed by atoms with Gasteiger partial charge in [-0.3, -0.25) is 4.72 Å². The monoisotopic (exact) mass is 236 g/mol.